The average molecular weight is 418 g/mol. The molecule has 0 bridgehead atoms. The number of guanidine groups is 1. The molecule has 2 aliphatic heterocycles. The SMILES string of the molecule is CN=C(NCc1cccc(C(=O)NCCN(C)C)c1)N1CCOC(C2CCCO2)C1. The number of ether oxygens (including phenoxy) is 2. The number of benzene rings is 1. The van der Waals surface area contributed by atoms with E-state index in [1.165, 1.54) is 0 Å². The number of amides is 1. The quantitative estimate of drug-likeness (QED) is 0.508. The minimum absolute atomic E-state index is 0.0457. The second-order valence-corrected chi connectivity index (χ2v) is 8.07. The molecule has 0 saturated carbocycles. The topological polar surface area (TPSA) is 78.4 Å². The number of nitrogens with zero attached hydrogens (tertiary/aromatic N) is 3. The van der Waals surface area contributed by atoms with Gasteiger partial charge in [-0.3, -0.25) is 9.79 Å². The molecule has 30 heavy (non-hydrogen) atoms. The maximum atomic E-state index is 12.4. The van der Waals surface area contributed by atoms with Crippen LogP contribution >= 0.6 is 0 Å². The molecule has 0 radical (unpaired) electrons. The lowest BCUT2D eigenvalue weighted by molar-refractivity contribution is -0.0817. The lowest BCUT2D eigenvalue weighted by Gasteiger charge is -2.37. The van der Waals surface area contributed by atoms with Crippen LogP contribution in [-0.2, 0) is 16.0 Å². The van der Waals surface area contributed by atoms with E-state index in [1.54, 1.807) is 7.05 Å². The van der Waals surface area contributed by atoms with Gasteiger partial charge in [-0.2, -0.15) is 0 Å². The zero-order valence-electron chi connectivity index (χ0n) is 18.4. The first-order chi connectivity index (χ1) is 14.6. The second-order valence-electron chi connectivity index (χ2n) is 8.07. The highest BCUT2D eigenvalue weighted by Gasteiger charge is 2.32. The van der Waals surface area contributed by atoms with Gasteiger partial charge in [0.05, 0.1) is 12.7 Å². The van der Waals surface area contributed by atoms with Crippen molar-refractivity contribution in [2.24, 2.45) is 4.99 Å². The number of carbonyl (C=O) groups excluding carboxylic acids is 1. The molecule has 8 nitrogen and oxygen atoms in total. The van der Waals surface area contributed by atoms with Crippen LogP contribution in [0.2, 0.25) is 0 Å². The Balaban J connectivity index is 1.52. The molecule has 1 amide bonds. The van der Waals surface area contributed by atoms with Crippen molar-refractivity contribution < 1.29 is 14.3 Å². The van der Waals surface area contributed by atoms with Crippen LogP contribution in [-0.4, -0.2) is 94.4 Å². The highest BCUT2D eigenvalue weighted by molar-refractivity contribution is 5.94. The first-order valence-corrected chi connectivity index (χ1v) is 10.8. The predicted octanol–water partition coefficient (Wildman–Crippen LogP) is 0.933. The Labute approximate surface area is 179 Å². The van der Waals surface area contributed by atoms with Crippen LogP contribution in [0.25, 0.3) is 0 Å². The monoisotopic (exact) mass is 417 g/mol. The molecule has 2 fully saturated rings. The summed E-state index contributed by atoms with van der Waals surface area (Å²) in [4.78, 5) is 21.1. The van der Waals surface area contributed by atoms with E-state index < -0.39 is 0 Å². The van der Waals surface area contributed by atoms with E-state index in [4.69, 9.17) is 9.47 Å². The summed E-state index contributed by atoms with van der Waals surface area (Å²) in [5.41, 5.74) is 1.72. The third-order valence-corrected chi connectivity index (χ3v) is 5.47. The normalized spacial score (nSPS) is 22.4. The number of aliphatic imine (C=N–C) groups is 1. The maximum absolute atomic E-state index is 12.4. The van der Waals surface area contributed by atoms with Crippen LogP contribution in [0.5, 0.6) is 0 Å². The first-order valence-electron chi connectivity index (χ1n) is 10.8. The van der Waals surface area contributed by atoms with Gasteiger partial charge in [0.25, 0.3) is 5.91 Å². The van der Waals surface area contributed by atoms with E-state index in [0.29, 0.717) is 25.3 Å². The van der Waals surface area contributed by atoms with Crippen molar-refractivity contribution in [1.82, 2.24) is 20.4 Å². The molecule has 166 valence electrons. The lowest BCUT2D eigenvalue weighted by atomic mass is 10.1. The van der Waals surface area contributed by atoms with E-state index in [1.807, 2.05) is 43.3 Å². The Morgan fingerprint density at radius 1 is 1.23 bits per heavy atom. The number of rotatable bonds is 7. The fourth-order valence-electron chi connectivity index (χ4n) is 3.82. The van der Waals surface area contributed by atoms with Crippen molar-refractivity contribution in [3.63, 3.8) is 0 Å². The molecule has 2 aliphatic rings. The van der Waals surface area contributed by atoms with E-state index >= 15 is 0 Å². The smallest absolute Gasteiger partial charge is 0.251 e. The summed E-state index contributed by atoms with van der Waals surface area (Å²) >= 11 is 0. The van der Waals surface area contributed by atoms with Crippen molar-refractivity contribution in [1.29, 1.82) is 0 Å². The number of likely N-dealkylation sites (N-methyl/N-ethyl adjacent to an activating group) is 1. The highest BCUT2D eigenvalue weighted by atomic mass is 16.5. The minimum atomic E-state index is -0.0457. The summed E-state index contributed by atoms with van der Waals surface area (Å²) in [5.74, 6) is 0.804. The highest BCUT2D eigenvalue weighted by Crippen LogP contribution is 2.21. The van der Waals surface area contributed by atoms with Gasteiger partial charge in [-0.1, -0.05) is 12.1 Å². The fourth-order valence-corrected chi connectivity index (χ4v) is 3.82. The van der Waals surface area contributed by atoms with Gasteiger partial charge in [0.1, 0.15) is 6.10 Å². The van der Waals surface area contributed by atoms with Gasteiger partial charge in [-0.05, 0) is 44.6 Å². The van der Waals surface area contributed by atoms with Crippen molar-refractivity contribution in [2.75, 3.05) is 60.5 Å². The number of nitrogens with one attached hydrogen (secondary N) is 2. The van der Waals surface area contributed by atoms with E-state index in [2.05, 4.69) is 20.5 Å². The van der Waals surface area contributed by atoms with Gasteiger partial charge >= 0.3 is 0 Å². The van der Waals surface area contributed by atoms with Crippen LogP contribution in [0.3, 0.4) is 0 Å². The molecule has 0 spiro atoms. The molecular formula is C22H35N5O3. The van der Waals surface area contributed by atoms with E-state index in [-0.39, 0.29) is 18.1 Å². The number of carbonyl (C=O) groups is 1. The fraction of sp³-hybridized carbons (Fsp3) is 0.636. The molecule has 0 aliphatic carbocycles. The Hall–Kier alpha value is -2.16. The van der Waals surface area contributed by atoms with E-state index in [9.17, 15) is 4.79 Å². The average Bonchev–Trinajstić information content (AvgIpc) is 3.29. The molecular weight excluding hydrogens is 382 g/mol. The first kappa shape index (κ1) is 22.5. The third-order valence-electron chi connectivity index (χ3n) is 5.47. The zero-order chi connectivity index (χ0) is 21.3. The molecule has 3 rings (SSSR count). The van der Waals surface area contributed by atoms with Crippen molar-refractivity contribution in [3.8, 4) is 0 Å². The molecule has 2 unspecified atom stereocenters. The van der Waals surface area contributed by atoms with Crippen molar-refractivity contribution in [2.45, 2.75) is 31.6 Å². The van der Waals surface area contributed by atoms with Gasteiger partial charge < -0.3 is 29.9 Å². The standard InChI is InChI=1S/C22H35N5O3/c1-23-22(27-11-13-30-20(16-27)19-8-5-12-29-19)25-15-17-6-4-7-18(14-17)21(28)24-9-10-26(2)3/h4,6-7,14,19-20H,5,8-13,15-16H2,1-3H3,(H,23,25)(H,24,28). The molecule has 1 aromatic carbocycles. The van der Waals surface area contributed by atoms with E-state index in [0.717, 1.165) is 50.6 Å². The van der Waals surface area contributed by atoms with Gasteiger partial charge in [0, 0.05) is 51.9 Å². The molecule has 2 atom stereocenters. The van der Waals surface area contributed by atoms with Crippen LogP contribution < -0.4 is 10.6 Å². The van der Waals surface area contributed by atoms with Crippen LogP contribution in [0.1, 0.15) is 28.8 Å². The Bertz CT molecular complexity index is 718. The van der Waals surface area contributed by atoms with Gasteiger partial charge in [-0.15, -0.1) is 0 Å². The number of hydrogen-bond acceptors (Lipinski definition) is 5. The molecule has 1 aromatic rings. The summed E-state index contributed by atoms with van der Waals surface area (Å²) in [6.45, 7) is 5.13. The number of hydrogen-bond donors (Lipinski definition) is 2. The Morgan fingerprint density at radius 2 is 2.07 bits per heavy atom. The molecule has 2 saturated heterocycles. The van der Waals surface area contributed by atoms with Crippen LogP contribution in [0.4, 0.5) is 0 Å². The predicted molar refractivity (Wildman–Crippen MR) is 118 cm³/mol. The molecule has 0 aromatic heterocycles. The maximum Gasteiger partial charge on any atom is 0.251 e. The van der Waals surface area contributed by atoms with Crippen molar-refractivity contribution in [3.05, 3.63) is 35.4 Å². The number of morpholine rings is 1. The summed E-state index contributed by atoms with van der Waals surface area (Å²) < 4.78 is 11.7. The molecule has 2 heterocycles. The molecule has 2 N–H and O–H groups in total. The minimum Gasteiger partial charge on any atom is -0.375 e. The van der Waals surface area contributed by atoms with Gasteiger partial charge in [-0.25, -0.2) is 0 Å². The summed E-state index contributed by atoms with van der Waals surface area (Å²) in [6, 6.07) is 7.71. The molecule has 8 heteroatoms. The Morgan fingerprint density at radius 3 is 2.80 bits per heavy atom. The zero-order valence-corrected chi connectivity index (χ0v) is 18.4. The summed E-state index contributed by atoms with van der Waals surface area (Å²) in [7, 11) is 5.78. The van der Waals surface area contributed by atoms with Gasteiger partial charge in [0.2, 0.25) is 0 Å². The third kappa shape index (κ3) is 6.42. The summed E-state index contributed by atoms with van der Waals surface area (Å²) in [6.07, 6.45) is 2.45. The summed E-state index contributed by atoms with van der Waals surface area (Å²) in [5, 5.41) is 6.39. The Kier molecular flexibility index (Phi) is 8.48. The van der Waals surface area contributed by atoms with Crippen LogP contribution in [0, 0.1) is 0 Å². The second kappa shape index (κ2) is 11.3. The lowest BCUT2D eigenvalue weighted by Crippen LogP contribution is -2.53. The van der Waals surface area contributed by atoms with Crippen LogP contribution in [0.15, 0.2) is 29.3 Å². The largest absolute Gasteiger partial charge is 0.375 e. The van der Waals surface area contributed by atoms with Gasteiger partial charge in [0.15, 0.2) is 5.96 Å². The van der Waals surface area contributed by atoms with Crippen molar-refractivity contribution >= 4 is 11.9 Å².